The molecule has 1 saturated heterocycles. The molecule has 4 rings (SSSR count). The number of hydrogen-bond donors (Lipinski definition) is 1. The van der Waals surface area contributed by atoms with Gasteiger partial charge in [0.2, 0.25) is 11.8 Å². The molecule has 7 nitrogen and oxygen atoms in total. The van der Waals surface area contributed by atoms with Gasteiger partial charge in [-0.2, -0.15) is 4.98 Å². The van der Waals surface area contributed by atoms with Gasteiger partial charge in [-0.25, -0.2) is 0 Å². The summed E-state index contributed by atoms with van der Waals surface area (Å²) in [7, 11) is 0. The van der Waals surface area contributed by atoms with Crippen LogP contribution in [0.5, 0.6) is 0 Å². The van der Waals surface area contributed by atoms with E-state index in [9.17, 15) is 4.79 Å². The predicted molar refractivity (Wildman–Crippen MR) is 83.7 cm³/mol. The van der Waals surface area contributed by atoms with Gasteiger partial charge < -0.3 is 9.84 Å². The number of amides is 1. The molecule has 0 unspecified atom stereocenters. The zero-order valence-electron chi connectivity index (χ0n) is 13.7. The van der Waals surface area contributed by atoms with Crippen LogP contribution in [0.25, 0.3) is 0 Å². The summed E-state index contributed by atoms with van der Waals surface area (Å²) in [5.41, 5.74) is 0. The van der Waals surface area contributed by atoms with E-state index in [4.69, 9.17) is 4.52 Å². The summed E-state index contributed by atoms with van der Waals surface area (Å²) in [5, 5.41) is 7.16. The van der Waals surface area contributed by atoms with Crippen LogP contribution >= 0.6 is 0 Å². The number of nitrogens with zero attached hydrogens (tertiary/aromatic N) is 4. The van der Waals surface area contributed by atoms with Crippen LogP contribution in [-0.2, 0) is 11.3 Å². The Kier molecular flexibility index (Phi) is 4.07. The first-order valence-corrected chi connectivity index (χ1v) is 8.78. The van der Waals surface area contributed by atoms with Crippen molar-refractivity contribution in [2.24, 2.45) is 0 Å². The van der Waals surface area contributed by atoms with Crippen LogP contribution in [0.4, 0.5) is 0 Å². The topological polar surface area (TPSA) is 74.5 Å². The molecule has 1 aromatic rings. The lowest BCUT2D eigenvalue weighted by Crippen LogP contribution is -2.53. The van der Waals surface area contributed by atoms with E-state index in [1.165, 1.54) is 12.8 Å². The molecule has 2 aliphatic carbocycles. The SMILES string of the molecule is C[C@@H](C(=O)NC1CC1)N1CCN(Cc2nc(C3CC3)no2)CC1. The molecule has 0 radical (unpaired) electrons. The highest BCUT2D eigenvalue weighted by atomic mass is 16.5. The summed E-state index contributed by atoms with van der Waals surface area (Å²) in [4.78, 5) is 21.2. The second kappa shape index (κ2) is 6.20. The lowest BCUT2D eigenvalue weighted by atomic mass is 10.2. The van der Waals surface area contributed by atoms with Gasteiger partial charge in [0.15, 0.2) is 5.82 Å². The van der Waals surface area contributed by atoms with E-state index in [1.807, 2.05) is 6.92 Å². The minimum absolute atomic E-state index is 0.0392. The van der Waals surface area contributed by atoms with Crippen LogP contribution in [0, 0.1) is 0 Å². The average molecular weight is 319 g/mol. The van der Waals surface area contributed by atoms with Gasteiger partial charge in [0.25, 0.3) is 0 Å². The molecule has 3 fully saturated rings. The van der Waals surface area contributed by atoms with Crippen molar-refractivity contribution in [1.29, 1.82) is 0 Å². The van der Waals surface area contributed by atoms with E-state index in [1.54, 1.807) is 0 Å². The van der Waals surface area contributed by atoms with E-state index >= 15 is 0 Å². The van der Waals surface area contributed by atoms with Gasteiger partial charge in [0, 0.05) is 38.1 Å². The number of rotatable bonds is 6. The molecule has 3 aliphatic rings. The number of nitrogens with one attached hydrogen (secondary N) is 1. The highest BCUT2D eigenvalue weighted by Gasteiger charge is 2.31. The second-order valence-corrected chi connectivity index (χ2v) is 7.09. The van der Waals surface area contributed by atoms with Crippen molar-refractivity contribution in [3.05, 3.63) is 11.7 Å². The predicted octanol–water partition coefficient (Wildman–Crippen LogP) is 0.732. The molecule has 1 aliphatic heterocycles. The summed E-state index contributed by atoms with van der Waals surface area (Å²) < 4.78 is 5.35. The maximum absolute atomic E-state index is 12.1. The van der Waals surface area contributed by atoms with Crippen molar-refractivity contribution in [2.45, 2.75) is 57.2 Å². The third kappa shape index (κ3) is 3.72. The number of piperazine rings is 1. The van der Waals surface area contributed by atoms with E-state index in [-0.39, 0.29) is 11.9 Å². The van der Waals surface area contributed by atoms with Gasteiger partial charge in [-0.05, 0) is 32.6 Å². The van der Waals surface area contributed by atoms with Gasteiger partial charge in [-0.1, -0.05) is 5.16 Å². The monoisotopic (exact) mass is 319 g/mol. The fraction of sp³-hybridized carbons (Fsp3) is 0.812. The Bertz CT molecular complexity index is 559. The maximum atomic E-state index is 12.1. The molecule has 23 heavy (non-hydrogen) atoms. The molecule has 0 spiro atoms. The van der Waals surface area contributed by atoms with Gasteiger partial charge in [-0.15, -0.1) is 0 Å². The van der Waals surface area contributed by atoms with Gasteiger partial charge in [-0.3, -0.25) is 14.6 Å². The molecular formula is C16H25N5O2. The minimum Gasteiger partial charge on any atom is -0.352 e. The third-order valence-electron chi connectivity index (χ3n) is 5.04. The van der Waals surface area contributed by atoms with Gasteiger partial charge >= 0.3 is 0 Å². The molecule has 1 amide bonds. The summed E-state index contributed by atoms with van der Waals surface area (Å²) >= 11 is 0. The molecule has 2 saturated carbocycles. The Morgan fingerprint density at radius 1 is 1.26 bits per heavy atom. The molecule has 7 heteroatoms. The van der Waals surface area contributed by atoms with Gasteiger partial charge in [0.05, 0.1) is 12.6 Å². The summed E-state index contributed by atoms with van der Waals surface area (Å²) in [5.74, 6) is 2.31. The Morgan fingerprint density at radius 3 is 2.65 bits per heavy atom. The molecule has 1 atom stereocenters. The van der Waals surface area contributed by atoms with Crippen LogP contribution < -0.4 is 5.32 Å². The number of carbonyl (C=O) groups is 1. The van der Waals surface area contributed by atoms with Crippen LogP contribution in [0.15, 0.2) is 4.52 Å². The quantitative estimate of drug-likeness (QED) is 0.833. The summed E-state index contributed by atoms with van der Waals surface area (Å²) in [6, 6.07) is 0.395. The van der Waals surface area contributed by atoms with Gasteiger partial charge in [0.1, 0.15) is 0 Å². The summed E-state index contributed by atoms with van der Waals surface area (Å²) in [6.07, 6.45) is 4.66. The van der Waals surface area contributed by atoms with Crippen molar-refractivity contribution in [2.75, 3.05) is 26.2 Å². The van der Waals surface area contributed by atoms with Crippen molar-refractivity contribution >= 4 is 5.91 Å². The smallest absolute Gasteiger partial charge is 0.240 e. The van der Waals surface area contributed by atoms with Crippen molar-refractivity contribution in [1.82, 2.24) is 25.3 Å². The van der Waals surface area contributed by atoms with Crippen molar-refractivity contribution in [3.63, 3.8) is 0 Å². The Labute approximate surface area is 136 Å². The first-order valence-electron chi connectivity index (χ1n) is 8.78. The van der Waals surface area contributed by atoms with E-state index in [0.29, 0.717) is 12.0 Å². The Balaban J connectivity index is 1.24. The summed E-state index contributed by atoms with van der Waals surface area (Å²) in [6.45, 7) is 6.40. The minimum atomic E-state index is -0.0392. The molecule has 2 heterocycles. The zero-order chi connectivity index (χ0) is 15.8. The first-order chi connectivity index (χ1) is 11.2. The normalized spacial score (nSPS) is 24.6. The number of carbonyl (C=O) groups excluding carboxylic acids is 1. The fourth-order valence-corrected chi connectivity index (χ4v) is 3.05. The molecule has 1 aromatic heterocycles. The highest BCUT2D eigenvalue weighted by molar-refractivity contribution is 5.81. The first kappa shape index (κ1) is 15.1. The van der Waals surface area contributed by atoms with E-state index < -0.39 is 0 Å². The van der Waals surface area contributed by atoms with E-state index in [0.717, 1.165) is 57.3 Å². The maximum Gasteiger partial charge on any atom is 0.240 e. The second-order valence-electron chi connectivity index (χ2n) is 7.09. The zero-order valence-corrected chi connectivity index (χ0v) is 13.7. The molecule has 0 bridgehead atoms. The lowest BCUT2D eigenvalue weighted by molar-refractivity contribution is -0.126. The third-order valence-corrected chi connectivity index (χ3v) is 5.04. The number of aromatic nitrogens is 2. The van der Waals surface area contributed by atoms with Crippen molar-refractivity contribution < 1.29 is 9.32 Å². The van der Waals surface area contributed by atoms with E-state index in [2.05, 4.69) is 25.3 Å². The Hall–Kier alpha value is -1.47. The molecule has 1 N–H and O–H groups in total. The number of hydrogen-bond acceptors (Lipinski definition) is 6. The Morgan fingerprint density at radius 2 is 2.00 bits per heavy atom. The molecule has 126 valence electrons. The van der Waals surface area contributed by atoms with Crippen LogP contribution in [-0.4, -0.2) is 64.1 Å². The molecular weight excluding hydrogens is 294 g/mol. The fourth-order valence-electron chi connectivity index (χ4n) is 3.05. The largest absolute Gasteiger partial charge is 0.352 e. The van der Waals surface area contributed by atoms with Crippen molar-refractivity contribution in [3.8, 4) is 0 Å². The highest BCUT2D eigenvalue weighted by Crippen LogP contribution is 2.38. The van der Waals surface area contributed by atoms with Crippen LogP contribution in [0.1, 0.15) is 50.2 Å². The molecule has 0 aromatic carbocycles. The standard InChI is InChI=1S/C16H25N5O2/c1-11(16(22)17-13-4-5-13)21-8-6-20(7-9-21)10-14-18-15(19-23-14)12-2-3-12/h11-13H,2-10H2,1H3,(H,17,22)/t11-/m0/s1. The van der Waals surface area contributed by atoms with Crippen LogP contribution in [0.2, 0.25) is 0 Å². The lowest BCUT2D eigenvalue weighted by Gasteiger charge is -2.36. The average Bonchev–Trinajstić information content (AvgIpc) is 3.49. The van der Waals surface area contributed by atoms with Crippen LogP contribution in [0.3, 0.4) is 0 Å².